The summed E-state index contributed by atoms with van der Waals surface area (Å²) in [6.07, 6.45) is 3.48. The zero-order chi connectivity index (χ0) is 8.10. The molecule has 3 nitrogen and oxygen atoms in total. The first-order valence-corrected chi connectivity index (χ1v) is 4.14. The molecule has 0 aliphatic carbocycles. The van der Waals surface area contributed by atoms with Crippen LogP contribution in [0.2, 0.25) is 0 Å². The van der Waals surface area contributed by atoms with E-state index >= 15 is 0 Å². The Hall–Kier alpha value is -0.570. The quantitative estimate of drug-likeness (QED) is 0.345. The van der Waals surface area contributed by atoms with Gasteiger partial charge in [0.25, 0.3) is 0 Å². The number of esters is 1. The second-order valence-corrected chi connectivity index (χ2v) is 2.71. The molecule has 1 unspecified atom stereocenters. The highest BCUT2D eigenvalue weighted by Gasteiger charge is 2.26. The fourth-order valence-corrected chi connectivity index (χ4v) is 0.832. The molecule has 0 N–H and O–H groups in total. The van der Waals surface area contributed by atoms with Crippen molar-refractivity contribution >= 4 is 5.97 Å². The third-order valence-corrected chi connectivity index (χ3v) is 1.55. The smallest absolute Gasteiger partial charge is 0.308 e. The average Bonchev–Trinajstić information content (AvgIpc) is 2.72. The van der Waals surface area contributed by atoms with Gasteiger partial charge in [0.1, 0.15) is 6.61 Å². The standard InChI is InChI=1S/C8H14O3/c1-2-3-4-5-7(9)11-8-6-10-8/h8H,2-6H2,1H3. The summed E-state index contributed by atoms with van der Waals surface area (Å²) in [5.74, 6) is -0.124. The van der Waals surface area contributed by atoms with E-state index in [1.54, 1.807) is 0 Å². The summed E-state index contributed by atoms with van der Waals surface area (Å²) in [5, 5.41) is 0. The summed E-state index contributed by atoms with van der Waals surface area (Å²) in [6, 6.07) is 0. The molecule has 1 aliphatic rings. The lowest BCUT2D eigenvalue weighted by atomic mass is 10.2. The van der Waals surface area contributed by atoms with E-state index in [1.165, 1.54) is 0 Å². The molecule has 1 rings (SSSR count). The predicted octanol–water partition coefficient (Wildman–Crippen LogP) is 1.47. The molecule has 0 aromatic rings. The van der Waals surface area contributed by atoms with Gasteiger partial charge < -0.3 is 9.47 Å². The highest BCUT2D eigenvalue weighted by molar-refractivity contribution is 5.69. The molecule has 0 aromatic carbocycles. The second kappa shape index (κ2) is 4.34. The molecule has 3 heteroatoms. The fraction of sp³-hybridized carbons (Fsp3) is 0.875. The van der Waals surface area contributed by atoms with Gasteiger partial charge in [0.2, 0.25) is 6.29 Å². The Balaban J connectivity index is 1.92. The minimum absolute atomic E-state index is 0.124. The molecule has 1 fully saturated rings. The maximum atomic E-state index is 10.9. The van der Waals surface area contributed by atoms with E-state index in [0.29, 0.717) is 13.0 Å². The van der Waals surface area contributed by atoms with Gasteiger partial charge in [-0.2, -0.15) is 0 Å². The van der Waals surface area contributed by atoms with E-state index in [2.05, 4.69) is 6.92 Å². The average molecular weight is 158 g/mol. The molecular weight excluding hydrogens is 144 g/mol. The first kappa shape index (κ1) is 8.53. The van der Waals surface area contributed by atoms with Crippen molar-refractivity contribution in [2.45, 2.75) is 38.9 Å². The topological polar surface area (TPSA) is 38.8 Å². The summed E-state index contributed by atoms with van der Waals surface area (Å²) >= 11 is 0. The van der Waals surface area contributed by atoms with Crippen LogP contribution in [-0.4, -0.2) is 18.9 Å². The van der Waals surface area contributed by atoms with Gasteiger partial charge in [-0.15, -0.1) is 0 Å². The summed E-state index contributed by atoms with van der Waals surface area (Å²) in [4.78, 5) is 10.9. The third-order valence-electron chi connectivity index (χ3n) is 1.55. The molecule has 0 aromatic heterocycles. The van der Waals surface area contributed by atoms with E-state index in [4.69, 9.17) is 9.47 Å². The number of carbonyl (C=O) groups excluding carboxylic acids is 1. The Morgan fingerprint density at radius 2 is 2.36 bits per heavy atom. The maximum Gasteiger partial charge on any atom is 0.308 e. The first-order chi connectivity index (χ1) is 5.33. The Bertz CT molecular complexity index is 129. The number of hydrogen-bond donors (Lipinski definition) is 0. The van der Waals surface area contributed by atoms with E-state index in [9.17, 15) is 4.79 Å². The van der Waals surface area contributed by atoms with Crippen molar-refractivity contribution in [2.24, 2.45) is 0 Å². The summed E-state index contributed by atoms with van der Waals surface area (Å²) < 4.78 is 9.59. The van der Waals surface area contributed by atoms with Crippen molar-refractivity contribution < 1.29 is 14.3 Å². The van der Waals surface area contributed by atoms with Crippen LogP contribution in [0, 0.1) is 0 Å². The number of rotatable bonds is 5. The van der Waals surface area contributed by atoms with Crippen LogP contribution in [0.4, 0.5) is 0 Å². The molecule has 0 bridgehead atoms. The van der Waals surface area contributed by atoms with Gasteiger partial charge in [-0.25, -0.2) is 0 Å². The lowest BCUT2D eigenvalue weighted by Crippen LogP contribution is -2.06. The van der Waals surface area contributed by atoms with Crippen molar-refractivity contribution in [3.8, 4) is 0 Å². The number of unbranched alkanes of at least 4 members (excludes halogenated alkanes) is 2. The molecule has 0 radical (unpaired) electrons. The van der Waals surface area contributed by atoms with Crippen LogP contribution in [0.25, 0.3) is 0 Å². The van der Waals surface area contributed by atoms with Crippen LogP contribution in [0.1, 0.15) is 32.6 Å². The first-order valence-electron chi connectivity index (χ1n) is 4.14. The van der Waals surface area contributed by atoms with Crippen LogP contribution in [0.15, 0.2) is 0 Å². The molecule has 11 heavy (non-hydrogen) atoms. The van der Waals surface area contributed by atoms with Crippen LogP contribution in [0.5, 0.6) is 0 Å². The zero-order valence-corrected chi connectivity index (χ0v) is 6.84. The Labute approximate surface area is 66.7 Å². The second-order valence-electron chi connectivity index (χ2n) is 2.71. The van der Waals surface area contributed by atoms with Crippen LogP contribution < -0.4 is 0 Å². The van der Waals surface area contributed by atoms with Crippen molar-refractivity contribution in [1.29, 1.82) is 0 Å². The minimum Gasteiger partial charge on any atom is -0.433 e. The van der Waals surface area contributed by atoms with Crippen LogP contribution >= 0.6 is 0 Å². The van der Waals surface area contributed by atoms with E-state index in [-0.39, 0.29) is 12.3 Å². The highest BCUT2D eigenvalue weighted by atomic mass is 16.8. The van der Waals surface area contributed by atoms with Gasteiger partial charge >= 0.3 is 5.97 Å². The molecule has 1 aliphatic heterocycles. The van der Waals surface area contributed by atoms with Gasteiger partial charge in [0.05, 0.1) is 0 Å². The Morgan fingerprint density at radius 1 is 1.64 bits per heavy atom. The summed E-state index contributed by atoms with van der Waals surface area (Å²) in [6.45, 7) is 2.69. The fourth-order valence-electron chi connectivity index (χ4n) is 0.832. The molecule has 1 saturated heterocycles. The zero-order valence-electron chi connectivity index (χ0n) is 6.84. The molecule has 0 spiro atoms. The Morgan fingerprint density at radius 3 is 2.91 bits per heavy atom. The summed E-state index contributed by atoms with van der Waals surface area (Å²) in [7, 11) is 0. The monoisotopic (exact) mass is 158 g/mol. The lowest BCUT2D eigenvalue weighted by molar-refractivity contribution is -0.148. The van der Waals surface area contributed by atoms with Crippen LogP contribution in [-0.2, 0) is 14.3 Å². The summed E-state index contributed by atoms with van der Waals surface area (Å²) in [5.41, 5.74) is 0. The van der Waals surface area contributed by atoms with Gasteiger partial charge in [-0.3, -0.25) is 4.79 Å². The van der Waals surface area contributed by atoms with Crippen molar-refractivity contribution in [3.05, 3.63) is 0 Å². The van der Waals surface area contributed by atoms with Gasteiger partial charge in [0.15, 0.2) is 0 Å². The number of hydrogen-bond acceptors (Lipinski definition) is 3. The lowest BCUT2D eigenvalue weighted by Gasteiger charge is -1.98. The number of epoxide rings is 1. The molecule has 0 amide bonds. The molecule has 64 valence electrons. The minimum atomic E-state index is -0.218. The molecular formula is C8H14O3. The number of ether oxygens (including phenoxy) is 2. The van der Waals surface area contributed by atoms with Crippen molar-refractivity contribution in [1.82, 2.24) is 0 Å². The van der Waals surface area contributed by atoms with E-state index < -0.39 is 0 Å². The van der Waals surface area contributed by atoms with Gasteiger partial charge in [0, 0.05) is 6.42 Å². The SMILES string of the molecule is CCCCCC(=O)OC1CO1. The number of carbonyl (C=O) groups is 1. The normalized spacial score (nSPS) is 21.4. The van der Waals surface area contributed by atoms with Crippen LogP contribution in [0.3, 0.4) is 0 Å². The predicted molar refractivity (Wildman–Crippen MR) is 40.0 cm³/mol. The van der Waals surface area contributed by atoms with Crippen molar-refractivity contribution in [3.63, 3.8) is 0 Å². The largest absolute Gasteiger partial charge is 0.433 e. The highest BCUT2D eigenvalue weighted by Crippen LogP contribution is 2.12. The van der Waals surface area contributed by atoms with Crippen molar-refractivity contribution in [2.75, 3.05) is 6.61 Å². The molecule has 1 atom stereocenters. The maximum absolute atomic E-state index is 10.9. The third kappa shape index (κ3) is 3.98. The van der Waals surface area contributed by atoms with E-state index in [1.807, 2.05) is 0 Å². The molecule has 1 heterocycles. The van der Waals surface area contributed by atoms with Gasteiger partial charge in [-0.1, -0.05) is 19.8 Å². The molecule has 0 saturated carbocycles. The van der Waals surface area contributed by atoms with E-state index in [0.717, 1.165) is 19.3 Å². The van der Waals surface area contributed by atoms with Gasteiger partial charge in [-0.05, 0) is 6.42 Å². The Kier molecular flexibility index (Phi) is 3.36.